The molecule has 0 aromatic heterocycles. The third-order valence-corrected chi connectivity index (χ3v) is 2.07. The molecule has 94 valence electrons. The number of rotatable bonds is 6. The highest BCUT2D eigenvalue weighted by Gasteiger charge is 2.09. The van der Waals surface area contributed by atoms with Gasteiger partial charge in [-0.3, -0.25) is 10.1 Å². The van der Waals surface area contributed by atoms with Crippen LogP contribution in [0.5, 0.6) is 0 Å². The molecule has 0 fully saturated rings. The van der Waals surface area contributed by atoms with Gasteiger partial charge in [-0.15, -0.1) is 0 Å². The van der Waals surface area contributed by atoms with Crippen LogP contribution >= 0.6 is 0 Å². The lowest BCUT2D eigenvalue weighted by molar-refractivity contribution is -0.385. The molecule has 1 atom stereocenters. The van der Waals surface area contributed by atoms with E-state index >= 15 is 0 Å². The molecule has 3 N–H and O–H groups in total. The zero-order valence-electron chi connectivity index (χ0n) is 8.97. The van der Waals surface area contributed by atoms with Gasteiger partial charge in [0.2, 0.25) is 0 Å². The summed E-state index contributed by atoms with van der Waals surface area (Å²) in [7, 11) is 0. The minimum Gasteiger partial charge on any atom is -0.394 e. The Labute approximate surface area is 96.8 Å². The molecule has 0 aliphatic heterocycles. The summed E-state index contributed by atoms with van der Waals surface area (Å²) in [5, 5.41) is 30.8. The van der Waals surface area contributed by atoms with Crippen molar-refractivity contribution in [2.24, 2.45) is 0 Å². The van der Waals surface area contributed by atoms with Crippen LogP contribution in [-0.4, -0.2) is 34.4 Å². The van der Waals surface area contributed by atoms with Gasteiger partial charge in [0, 0.05) is 19.2 Å². The topological polar surface area (TPSA) is 95.6 Å². The Bertz CT molecular complexity index is 400. The number of nitro benzene ring substituents is 1. The molecular weight excluding hydrogens is 231 g/mol. The van der Waals surface area contributed by atoms with Crippen LogP contribution in [0, 0.1) is 15.9 Å². The molecule has 1 unspecified atom stereocenters. The number of nitro groups is 1. The molecule has 7 heteroatoms. The Kier molecular flexibility index (Phi) is 4.95. The average Bonchev–Trinajstić information content (AvgIpc) is 2.28. The monoisotopic (exact) mass is 244 g/mol. The number of benzene rings is 1. The van der Waals surface area contributed by atoms with E-state index in [-0.39, 0.29) is 25.4 Å². The molecule has 0 aliphatic carbocycles. The number of aliphatic hydroxyl groups is 2. The predicted octanol–water partition coefficient (Wildman–Crippen LogP) is 0.177. The van der Waals surface area contributed by atoms with Crippen LogP contribution in [0.25, 0.3) is 0 Å². The number of nitrogens with one attached hydrogen (secondary N) is 1. The van der Waals surface area contributed by atoms with Crippen LogP contribution < -0.4 is 5.32 Å². The fourth-order valence-electron chi connectivity index (χ4n) is 1.29. The Morgan fingerprint density at radius 2 is 2.18 bits per heavy atom. The fraction of sp³-hybridized carbons (Fsp3) is 0.400. The SMILES string of the molecule is O=[N+]([O-])c1cc(F)cc(CNCC(O)CO)c1. The molecule has 0 amide bonds. The lowest BCUT2D eigenvalue weighted by atomic mass is 10.2. The van der Waals surface area contributed by atoms with Crippen LogP contribution in [-0.2, 0) is 6.54 Å². The Balaban J connectivity index is 2.62. The van der Waals surface area contributed by atoms with E-state index in [0.29, 0.717) is 5.56 Å². The summed E-state index contributed by atoms with van der Waals surface area (Å²) < 4.78 is 13.0. The van der Waals surface area contributed by atoms with Crippen molar-refractivity contribution in [3.63, 3.8) is 0 Å². The van der Waals surface area contributed by atoms with Crippen molar-refractivity contribution in [2.45, 2.75) is 12.6 Å². The van der Waals surface area contributed by atoms with E-state index in [1.165, 1.54) is 12.1 Å². The summed E-state index contributed by atoms with van der Waals surface area (Å²) in [6.45, 7) is -0.0766. The molecule has 0 bridgehead atoms. The molecule has 17 heavy (non-hydrogen) atoms. The second-order valence-electron chi connectivity index (χ2n) is 3.54. The van der Waals surface area contributed by atoms with Crippen LogP contribution in [0.1, 0.15) is 5.56 Å². The van der Waals surface area contributed by atoms with Gasteiger partial charge in [-0.25, -0.2) is 4.39 Å². The van der Waals surface area contributed by atoms with E-state index in [1.54, 1.807) is 0 Å². The smallest absolute Gasteiger partial charge is 0.272 e. The second-order valence-corrected chi connectivity index (χ2v) is 3.54. The van der Waals surface area contributed by atoms with Gasteiger partial charge in [0.25, 0.3) is 5.69 Å². The summed E-state index contributed by atoms with van der Waals surface area (Å²) in [6.07, 6.45) is -0.904. The highest BCUT2D eigenvalue weighted by Crippen LogP contribution is 2.16. The maximum Gasteiger partial charge on any atom is 0.272 e. The summed E-state index contributed by atoms with van der Waals surface area (Å²) in [4.78, 5) is 9.81. The van der Waals surface area contributed by atoms with Gasteiger partial charge >= 0.3 is 0 Å². The van der Waals surface area contributed by atoms with Gasteiger partial charge in [-0.05, 0) is 11.6 Å². The number of non-ortho nitro benzene ring substituents is 1. The zero-order chi connectivity index (χ0) is 12.8. The standard InChI is InChI=1S/C10H13FN2O4/c11-8-1-7(2-9(3-8)13(16)17)4-12-5-10(15)6-14/h1-3,10,12,14-15H,4-6H2. The van der Waals surface area contributed by atoms with Crippen molar-refractivity contribution in [3.05, 3.63) is 39.7 Å². The predicted molar refractivity (Wildman–Crippen MR) is 57.9 cm³/mol. The average molecular weight is 244 g/mol. The highest BCUT2D eigenvalue weighted by atomic mass is 19.1. The van der Waals surface area contributed by atoms with E-state index in [4.69, 9.17) is 10.2 Å². The molecule has 0 saturated heterocycles. The minimum absolute atomic E-state index is 0.126. The van der Waals surface area contributed by atoms with Crippen molar-refractivity contribution in [3.8, 4) is 0 Å². The first kappa shape index (κ1) is 13.5. The van der Waals surface area contributed by atoms with Gasteiger partial charge in [-0.1, -0.05) is 0 Å². The summed E-state index contributed by atoms with van der Waals surface area (Å²) in [6, 6.07) is 3.26. The van der Waals surface area contributed by atoms with Crippen molar-refractivity contribution < 1.29 is 19.5 Å². The van der Waals surface area contributed by atoms with E-state index in [1.807, 2.05) is 0 Å². The summed E-state index contributed by atoms with van der Waals surface area (Å²) >= 11 is 0. The van der Waals surface area contributed by atoms with Crippen LogP contribution in [0.3, 0.4) is 0 Å². The van der Waals surface area contributed by atoms with Gasteiger partial charge < -0.3 is 15.5 Å². The second kappa shape index (κ2) is 6.24. The van der Waals surface area contributed by atoms with Crippen LogP contribution in [0.2, 0.25) is 0 Å². The molecular formula is C10H13FN2O4. The quantitative estimate of drug-likeness (QED) is 0.490. The maximum atomic E-state index is 13.0. The summed E-state index contributed by atoms with van der Waals surface area (Å²) in [5.74, 6) is -0.682. The normalized spacial score (nSPS) is 12.4. The van der Waals surface area contributed by atoms with E-state index in [2.05, 4.69) is 5.32 Å². The Hall–Kier alpha value is -1.57. The van der Waals surface area contributed by atoms with Gasteiger partial charge in [-0.2, -0.15) is 0 Å². The molecule has 0 heterocycles. The third kappa shape index (κ3) is 4.43. The molecule has 1 rings (SSSR count). The molecule has 0 radical (unpaired) electrons. The van der Waals surface area contributed by atoms with Gasteiger partial charge in [0.15, 0.2) is 0 Å². The first-order chi connectivity index (χ1) is 8.02. The number of nitrogens with zero attached hydrogens (tertiary/aromatic N) is 1. The molecule has 1 aromatic carbocycles. The first-order valence-corrected chi connectivity index (χ1v) is 4.96. The van der Waals surface area contributed by atoms with Crippen molar-refractivity contribution >= 4 is 5.69 Å². The molecule has 0 saturated carbocycles. The van der Waals surface area contributed by atoms with Crippen molar-refractivity contribution in [2.75, 3.05) is 13.2 Å². The summed E-state index contributed by atoms with van der Waals surface area (Å²) in [5.41, 5.74) is 0.0892. The van der Waals surface area contributed by atoms with Crippen molar-refractivity contribution in [1.82, 2.24) is 5.32 Å². The van der Waals surface area contributed by atoms with E-state index < -0.39 is 16.8 Å². The zero-order valence-corrected chi connectivity index (χ0v) is 8.97. The maximum absolute atomic E-state index is 13.0. The lowest BCUT2D eigenvalue weighted by Gasteiger charge is -2.08. The molecule has 6 nitrogen and oxygen atoms in total. The number of halogens is 1. The Morgan fingerprint density at radius 3 is 2.76 bits per heavy atom. The molecule has 0 aliphatic rings. The van der Waals surface area contributed by atoms with Gasteiger partial charge in [0.1, 0.15) is 5.82 Å². The van der Waals surface area contributed by atoms with Crippen LogP contribution in [0.15, 0.2) is 18.2 Å². The number of aliphatic hydroxyl groups excluding tert-OH is 2. The molecule has 1 aromatic rings. The fourth-order valence-corrected chi connectivity index (χ4v) is 1.29. The largest absolute Gasteiger partial charge is 0.394 e. The lowest BCUT2D eigenvalue weighted by Crippen LogP contribution is -2.28. The highest BCUT2D eigenvalue weighted by molar-refractivity contribution is 5.35. The Morgan fingerprint density at radius 1 is 1.47 bits per heavy atom. The number of hydrogen-bond donors (Lipinski definition) is 3. The van der Waals surface area contributed by atoms with E-state index in [9.17, 15) is 14.5 Å². The minimum atomic E-state index is -0.904. The van der Waals surface area contributed by atoms with Crippen molar-refractivity contribution in [1.29, 1.82) is 0 Å². The molecule has 0 spiro atoms. The third-order valence-electron chi connectivity index (χ3n) is 2.07. The van der Waals surface area contributed by atoms with E-state index in [0.717, 1.165) is 6.07 Å². The van der Waals surface area contributed by atoms with Gasteiger partial charge in [0.05, 0.1) is 23.7 Å². The van der Waals surface area contributed by atoms with Crippen LogP contribution in [0.4, 0.5) is 10.1 Å². The first-order valence-electron chi connectivity index (χ1n) is 4.96. The number of hydrogen-bond acceptors (Lipinski definition) is 5.